The number of hydrogen-bond acceptors (Lipinski definition) is 3. The Balaban J connectivity index is 2.27. The van der Waals surface area contributed by atoms with E-state index in [2.05, 4.69) is 27.5 Å². The summed E-state index contributed by atoms with van der Waals surface area (Å²) in [6.45, 7) is 4.93. The first kappa shape index (κ1) is 12.1. The van der Waals surface area contributed by atoms with Crippen LogP contribution in [0.4, 0.5) is 4.39 Å². The van der Waals surface area contributed by atoms with Gasteiger partial charge in [0.25, 0.3) is 0 Å². The van der Waals surface area contributed by atoms with Gasteiger partial charge < -0.3 is 10.6 Å². The number of rotatable bonds is 3. The maximum atomic E-state index is 13.2. The number of nitrogens with zero attached hydrogens (tertiary/aromatic N) is 2. The highest BCUT2D eigenvalue weighted by Gasteiger charge is 2.26. The third-order valence-corrected chi connectivity index (χ3v) is 3.36. The molecule has 0 saturated heterocycles. The van der Waals surface area contributed by atoms with Crippen molar-refractivity contribution in [1.82, 2.24) is 4.90 Å². The lowest BCUT2D eigenvalue weighted by atomic mass is 10.1. The first-order chi connectivity index (χ1) is 8.13. The molecule has 0 fully saturated rings. The molecule has 0 bridgehead atoms. The van der Waals surface area contributed by atoms with Crippen LogP contribution in [-0.2, 0) is 0 Å². The van der Waals surface area contributed by atoms with E-state index in [9.17, 15) is 4.39 Å². The van der Waals surface area contributed by atoms with Crippen LogP contribution >= 0.6 is 15.9 Å². The summed E-state index contributed by atoms with van der Waals surface area (Å²) < 4.78 is 13.6. The minimum Gasteiger partial charge on any atom is -0.370 e. The number of halogens is 2. The van der Waals surface area contributed by atoms with Gasteiger partial charge >= 0.3 is 0 Å². The molecule has 3 nitrogen and oxygen atoms in total. The van der Waals surface area contributed by atoms with Gasteiger partial charge in [-0.2, -0.15) is 0 Å². The average molecular weight is 298 g/mol. The minimum absolute atomic E-state index is 0.0601. The average Bonchev–Trinajstić information content (AvgIpc) is 2.66. The fraction of sp³-hybridized carbons (Fsp3) is 0.250. The molecule has 0 radical (unpaired) electrons. The molecule has 1 unspecified atom stereocenters. The SMILES string of the molecule is C=CCN1C(N)=NCC1c1ccc(F)c(Br)c1. The highest BCUT2D eigenvalue weighted by atomic mass is 79.9. The Hall–Kier alpha value is -1.36. The van der Waals surface area contributed by atoms with Crippen LogP contribution in [0.5, 0.6) is 0 Å². The Labute approximate surface area is 108 Å². The van der Waals surface area contributed by atoms with Gasteiger partial charge in [-0.05, 0) is 33.6 Å². The Morgan fingerprint density at radius 1 is 1.65 bits per heavy atom. The van der Waals surface area contributed by atoms with E-state index in [0.717, 1.165) is 5.56 Å². The van der Waals surface area contributed by atoms with Crippen molar-refractivity contribution in [1.29, 1.82) is 0 Å². The third kappa shape index (κ3) is 2.34. The first-order valence-electron chi connectivity index (χ1n) is 5.26. The summed E-state index contributed by atoms with van der Waals surface area (Å²) >= 11 is 3.18. The Kier molecular flexibility index (Phi) is 3.47. The predicted molar refractivity (Wildman–Crippen MR) is 70.2 cm³/mol. The lowest BCUT2D eigenvalue weighted by Gasteiger charge is -2.25. The molecule has 0 saturated carbocycles. The van der Waals surface area contributed by atoms with Gasteiger partial charge in [-0.15, -0.1) is 6.58 Å². The molecular formula is C12H13BrFN3. The summed E-state index contributed by atoms with van der Waals surface area (Å²) in [4.78, 5) is 6.16. The molecule has 0 spiro atoms. The van der Waals surface area contributed by atoms with Crippen molar-refractivity contribution in [2.75, 3.05) is 13.1 Å². The lowest BCUT2D eigenvalue weighted by molar-refractivity contribution is 0.380. The van der Waals surface area contributed by atoms with Crippen molar-refractivity contribution in [3.8, 4) is 0 Å². The van der Waals surface area contributed by atoms with Crippen molar-refractivity contribution in [2.45, 2.75) is 6.04 Å². The highest BCUT2D eigenvalue weighted by molar-refractivity contribution is 9.10. The molecule has 0 aliphatic carbocycles. The van der Waals surface area contributed by atoms with E-state index in [1.165, 1.54) is 6.07 Å². The second kappa shape index (κ2) is 4.87. The summed E-state index contributed by atoms with van der Waals surface area (Å²) in [6.07, 6.45) is 1.78. The van der Waals surface area contributed by atoms with E-state index in [1.54, 1.807) is 18.2 Å². The van der Waals surface area contributed by atoms with Gasteiger partial charge in [0, 0.05) is 6.54 Å². The molecular weight excluding hydrogens is 285 g/mol. The molecule has 0 amide bonds. The second-order valence-corrected chi connectivity index (χ2v) is 4.68. The minimum atomic E-state index is -0.268. The van der Waals surface area contributed by atoms with Crippen molar-refractivity contribution < 1.29 is 4.39 Å². The molecule has 1 atom stereocenters. The molecule has 1 aliphatic heterocycles. The number of hydrogen-bond donors (Lipinski definition) is 1. The largest absolute Gasteiger partial charge is 0.370 e. The molecule has 1 aromatic carbocycles. The van der Waals surface area contributed by atoms with Crippen LogP contribution in [0.25, 0.3) is 0 Å². The Morgan fingerprint density at radius 2 is 2.41 bits per heavy atom. The number of guanidine groups is 1. The number of aliphatic imine (C=N–C) groups is 1. The van der Waals surface area contributed by atoms with Crippen molar-refractivity contribution >= 4 is 21.9 Å². The number of nitrogens with two attached hydrogens (primary N) is 1. The van der Waals surface area contributed by atoms with Crippen molar-refractivity contribution in [3.63, 3.8) is 0 Å². The summed E-state index contributed by atoms with van der Waals surface area (Å²) in [5.74, 6) is 0.242. The van der Waals surface area contributed by atoms with Crippen LogP contribution in [0.1, 0.15) is 11.6 Å². The van der Waals surface area contributed by atoms with Crippen LogP contribution in [0.3, 0.4) is 0 Å². The topological polar surface area (TPSA) is 41.6 Å². The predicted octanol–water partition coefficient (Wildman–Crippen LogP) is 2.45. The maximum absolute atomic E-state index is 13.2. The summed E-state index contributed by atoms with van der Waals surface area (Å²) in [5.41, 5.74) is 6.79. The van der Waals surface area contributed by atoms with E-state index >= 15 is 0 Å². The van der Waals surface area contributed by atoms with E-state index in [0.29, 0.717) is 23.5 Å². The molecule has 2 rings (SSSR count). The summed E-state index contributed by atoms with van der Waals surface area (Å²) in [6, 6.07) is 5.03. The van der Waals surface area contributed by atoms with Gasteiger partial charge in [-0.1, -0.05) is 12.1 Å². The van der Waals surface area contributed by atoms with Crippen LogP contribution in [0.2, 0.25) is 0 Å². The van der Waals surface area contributed by atoms with Crippen LogP contribution < -0.4 is 5.73 Å². The summed E-state index contributed by atoms with van der Waals surface area (Å²) in [5, 5.41) is 0. The standard InChI is InChI=1S/C12H13BrFN3/c1-2-5-17-11(7-16-12(17)15)8-3-4-10(14)9(13)6-8/h2-4,6,11H,1,5,7H2,(H2,15,16). The van der Waals surface area contributed by atoms with Gasteiger partial charge in [0.1, 0.15) is 5.82 Å². The quantitative estimate of drug-likeness (QED) is 0.871. The normalized spacial score (nSPS) is 19.3. The monoisotopic (exact) mass is 297 g/mol. The molecule has 1 aromatic rings. The van der Waals surface area contributed by atoms with Crippen LogP contribution in [0, 0.1) is 5.82 Å². The van der Waals surface area contributed by atoms with E-state index < -0.39 is 0 Å². The molecule has 0 aromatic heterocycles. The fourth-order valence-electron chi connectivity index (χ4n) is 1.89. The van der Waals surface area contributed by atoms with E-state index in [-0.39, 0.29) is 11.9 Å². The van der Waals surface area contributed by atoms with E-state index in [4.69, 9.17) is 5.73 Å². The molecule has 1 heterocycles. The maximum Gasteiger partial charge on any atom is 0.192 e. The fourth-order valence-corrected chi connectivity index (χ4v) is 2.29. The second-order valence-electron chi connectivity index (χ2n) is 3.83. The van der Waals surface area contributed by atoms with E-state index in [1.807, 2.05) is 4.90 Å². The van der Waals surface area contributed by atoms with Gasteiger partial charge in [0.2, 0.25) is 0 Å². The smallest absolute Gasteiger partial charge is 0.192 e. The zero-order chi connectivity index (χ0) is 12.4. The molecule has 17 heavy (non-hydrogen) atoms. The summed E-state index contributed by atoms with van der Waals surface area (Å²) in [7, 11) is 0. The lowest BCUT2D eigenvalue weighted by Crippen LogP contribution is -2.36. The van der Waals surface area contributed by atoms with Crippen molar-refractivity contribution in [2.24, 2.45) is 10.7 Å². The molecule has 2 N–H and O–H groups in total. The molecule has 90 valence electrons. The van der Waals surface area contributed by atoms with Gasteiger partial charge in [-0.25, -0.2) is 4.39 Å². The van der Waals surface area contributed by atoms with Crippen LogP contribution in [0.15, 0.2) is 40.3 Å². The Bertz CT molecular complexity index is 473. The first-order valence-corrected chi connectivity index (χ1v) is 6.05. The van der Waals surface area contributed by atoms with Gasteiger partial charge in [0.05, 0.1) is 17.1 Å². The Morgan fingerprint density at radius 3 is 3.06 bits per heavy atom. The zero-order valence-electron chi connectivity index (χ0n) is 9.24. The third-order valence-electron chi connectivity index (χ3n) is 2.75. The number of benzene rings is 1. The highest BCUT2D eigenvalue weighted by Crippen LogP contribution is 2.28. The zero-order valence-corrected chi connectivity index (χ0v) is 10.8. The van der Waals surface area contributed by atoms with Gasteiger partial charge in [-0.3, -0.25) is 4.99 Å². The molecule has 1 aliphatic rings. The van der Waals surface area contributed by atoms with Gasteiger partial charge in [0.15, 0.2) is 5.96 Å². The van der Waals surface area contributed by atoms with Crippen molar-refractivity contribution in [3.05, 3.63) is 46.7 Å². The van der Waals surface area contributed by atoms with Crippen LogP contribution in [-0.4, -0.2) is 23.9 Å². The molecule has 5 heteroatoms.